The van der Waals surface area contributed by atoms with Crippen molar-refractivity contribution in [2.24, 2.45) is 0 Å². The van der Waals surface area contributed by atoms with Gasteiger partial charge in [-0.15, -0.1) is 0 Å². The first-order chi connectivity index (χ1) is 15.1. The first-order valence-electron chi connectivity index (χ1n) is 10.2. The third-order valence-electron chi connectivity index (χ3n) is 4.83. The Balaban J connectivity index is 1.51. The first-order valence-corrected chi connectivity index (χ1v) is 10.2. The van der Waals surface area contributed by atoms with Crippen LogP contribution in [-0.2, 0) is 6.42 Å². The Bertz CT molecular complexity index is 1040. The maximum Gasteiger partial charge on any atom is 0.329 e. The van der Waals surface area contributed by atoms with E-state index in [0.29, 0.717) is 23.9 Å². The number of carbonyl (C=O) groups is 1. The summed E-state index contributed by atoms with van der Waals surface area (Å²) in [6.45, 7) is 5.50. The largest absolute Gasteiger partial charge is 0.388 e. The molecule has 0 aliphatic carbocycles. The quantitative estimate of drug-likeness (QED) is 0.640. The number of nitrogens with zero attached hydrogens (tertiary/aromatic N) is 7. The molecule has 0 spiro atoms. The van der Waals surface area contributed by atoms with Gasteiger partial charge in [-0.3, -0.25) is 4.79 Å². The van der Waals surface area contributed by atoms with Gasteiger partial charge in [-0.2, -0.15) is 19.9 Å². The lowest BCUT2D eigenvalue weighted by atomic mass is 10.3. The summed E-state index contributed by atoms with van der Waals surface area (Å²) in [5.74, 6) is 0.839. The van der Waals surface area contributed by atoms with Crippen LogP contribution in [0.4, 0.5) is 11.6 Å². The topological polar surface area (TPSA) is 109 Å². The Morgan fingerprint density at radius 3 is 2.52 bits per heavy atom. The molecule has 1 saturated heterocycles. The lowest BCUT2D eigenvalue weighted by Gasteiger charge is -2.32. The molecular weight excluding hydrogens is 396 g/mol. The van der Waals surface area contributed by atoms with Crippen LogP contribution in [0.15, 0.2) is 42.6 Å². The molecule has 2 aromatic heterocycles. The Morgan fingerprint density at radius 1 is 1.00 bits per heavy atom. The maximum absolute atomic E-state index is 12.5. The number of anilines is 2. The molecule has 0 bridgehead atoms. The van der Waals surface area contributed by atoms with Gasteiger partial charge < -0.3 is 19.9 Å². The van der Waals surface area contributed by atoms with Gasteiger partial charge in [-0.25, -0.2) is 4.98 Å². The Labute approximate surface area is 180 Å². The van der Waals surface area contributed by atoms with Crippen molar-refractivity contribution in [3.8, 4) is 12.0 Å². The minimum Gasteiger partial charge on any atom is -0.388 e. The average molecular weight is 420 g/mol. The zero-order chi connectivity index (χ0) is 21.6. The Morgan fingerprint density at radius 2 is 1.77 bits per heavy atom. The maximum atomic E-state index is 12.5. The van der Waals surface area contributed by atoms with Crippen LogP contribution < -0.4 is 15.0 Å². The van der Waals surface area contributed by atoms with Gasteiger partial charge in [0.25, 0.3) is 5.91 Å². The fourth-order valence-electron chi connectivity index (χ4n) is 3.05. The predicted octanol–water partition coefficient (Wildman–Crippen LogP) is 2.02. The van der Waals surface area contributed by atoms with Crippen molar-refractivity contribution >= 4 is 17.5 Å². The van der Waals surface area contributed by atoms with Crippen LogP contribution in [0.25, 0.3) is 0 Å². The van der Waals surface area contributed by atoms with E-state index in [1.54, 1.807) is 12.1 Å². The molecule has 3 aromatic rings. The number of amides is 1. The van der Waals surface area contributed by atoms with Gasteiger partial charge in [0, 0.05) is 44.5 Å². The normalized spacial score (nSPS) is 14.3. The molecule has 0 saturated carbocycles. The SMILES string of the molecule is CCc1nc(Oc2nccc(C(=O)Nc3ccccc3)n2)nc(N2CCN(C)CC2)n1. The molecule has 1 N–H and O–H groups in total. The second-order valence-corrected chi connectivity index (χ2v) is 7.12. The van der Waals surface area contributed by atoms with Gasteiger partial charge in [0.15, 0.2) is 0 Å². The van der Waals surface area contributed by atoms with Crippen LogP contribution in [0.2, 0.25) is 0 Å². The number of piperazine rings is 1. The molecule has 1 fully saturated rings. The van der Waals surface area contributed by atoms with Gasteiger partial charge in [0.2, 0.25) is 5.95 Å². The number of para-hydroxylation sites is 1. The van der Waals surface area contributed by atoms with Crippen molar-refractivity contribution in [2.75, 3.05) is 43.4 Å². The fourth-order valence-corrected chi connectivity index (χ4v) is 3.05. The molecule has 3 heterocycles. The molecule has 10 heteroatoms. The van der Waals surface area contributed by atoms with Crippen LogP contribution in [0.5, 0.6) is 12.0 Å². The number of carbonyl (C=O) groups excluding carboxylic acids is 1. The number of benzene rings is 1. The van der Waals surface area contributed by atoms with E-state index in [9.17, 15) is 4.79 Å². The third-order valence-corrected chi connectivity index (χ3v) is 4.83. The first kappa shape index (κ1) is 20.6. The Hall–Kier alpha value is -3.66. The molecule has 1 aromatic carbocycles. The number of likely N-dealkylation sites (N-methyl/N-ethyl adjacent to an activating group) is 1. The molecule has 1 aliphatic heterocycles. The summed E-state index contributed by atoms with van der Waals surface area (Å²) in [7, 11) is 2.09. The smallest absolute Gasteiger partial charge is 0.329 e. The van der Waals surface area contributed by atoms with E-state index < -0.39 is 0 Å². The average Bonchev–Trinajstić information content (AvgIpc) is 2.80. The lowest BCUT2D eigenvalue weighted by Crippen LogP contribution is -2.45. The zero-order valence-corrected chi connectivity index (χ0v) is 17.5. The van der Waals surface area contributed by atoms with E-state index >= 15 is 0 Å². The van der Waals surface area contributed by atoms with Crippen molar-refractivity contribution in [3.05, 3.63) is 54.1 Å². The summed E-state index contributed by atoms with van der Waals surface area (Å²) in [6, 6.07) is 10.8. The van der Waals surface area contributed by atoms with Crippen molar-refractivity contribution in [1.29, 1.82) is 0 Å². The number of ether oxygens (including phenoxy) is 1. The van der Waals surface area contributed by atoms with Gasteiger partial charge in [0.05, 0.1) is 0 Å². The molecule has 160 valence electrons. The number of hydrogen-bond acceptors (Lipinski definition) is 9. The number of aromatic nitrogens is 5. The summed E-state index contributed by atoms with van der Waals surface area (Å²) in [4.78, 5) is 38.5. The fraction of sp³-hybridized carbons (Fsp3) is 0.333. The summed E-state index contributed by atoms with van der Waals surface area (Å²) < 4.78 is 5.71. The molecule has 0 atom stereocenters. The van der Waals surface area contributed by atoms with Crippen LogP contribution in [0.3, 0.4) is 0 Å². The number of nitrogens with one attached hydrogen (secondary N) is 1. The summed E-state index contributed by atoms with van der Waals surface area (Å²) >= 11 is 0. The molecular formula is C21H24N8O2. The molecule has 0 unspecified atom stereocenters. The molecule has 4 rings (SSSR count). The van der Waals surface area contributed by atoms with E-state index in [2.05, 4.69) is 47.1 Å². The minimum absolute atomic E-state index is 0.00158. The highest BCUT2D eigenvalue weighted by Gasteiger charge is 2.19. The van der Waals surface area contributed by atoms with Gasteiger partial charge >= 0.3 is 12.0 Å². The lowest BCUT2D eigenvalue weighted by molar-refractivity contribution is 0.102. The highest BCUT2D eigenvalue weighted by atomic mass is 16.5. The van der Waals surface area contributed by atoms with Crippen LogP contribution in [0, 0.1) is 0 Å². The van der Waals surface area contributed by atoms with Crippen LogP contribution in [0.1, 0.15) is 23.2 Å². The van der Waals surface area contributed by atoms with E-state index in [1.165, 1.54) is 12.3 Å². The van der Waals surface area contributed by atoms with Crippen molar-refractivity contribution < 1.29 is 9.53 Å². The number of aryl methyl sites for hydroxylation is 1. The molecule has 1 amide bonds. The molecule has 1 aliphatic rings. The summed E-state index contributed by atoms with van der Waals surface area (Å²) in [5, 5.41) is 2.79. The van der Waals surface area contributed by atoms with Gasteiger partial charge in [-0.1, -0.05) is 25.1 Å². The standard InChI is InChI=1S/C21H24N8O2/c1-3-17-25-19(29-13-11-28(2)12-14-29)27-21(26-17)31-20-22-10-9-16(24-20)18(30)23-15-7-5-4-6-8-15/h4-10H,3,11-14H2,1-2H3,(H,23,30). The van der Waals surface area contributed by atoms with E-state index in [1.807, 2.05) is 25.1 Å². The van der Waals surface area contributed by atoms with Crippen molar-refractivity contribution in [3.63, 3.8) is 0 Å². The molecule has 10 nitrogen and oxygen atoms in total. The Kier molecular flexibility index (Phi) is 6.27. The van der Waals surface area contributed by atoms with Crippen LogP contribution in [-0.4, -0.2) is 69.0 Å². The predicted molar refractivity (Wildman–Crippen MR) is 115 cm³/mol. The summed E-state index contributed by atoms with van der Waals surface area (Å²) in [6.07, 6.45) is 2.10. The van der Waals surface area contributed by atoms with Gasteiger partial charge in [0.1, 0.15) is 11.5 Å². The van der Waals surface area contributed by atoms with Crippen molar-refractivity contribution in [2.45, 2.75) is 13.3 Å². The van der Waals surface area contributed by atoms with E-state index in [-0.39, 0.29) is 23.6 Å². The van der Waals surface area contributed by atoms with Crippen LogP contribution >= 0.6 is 0 Å². The highest BCUT2D eigenvalue weighted by Crippen LogP contribution is 2.18. The minimum atomic E-state index is -0.360. The molecule has 31 heavy (non-hydrogen) atoms. The number of rotatable bonds is 6. The van der Waals surface area contributed by atoms with Gasteiger partial charge in [-0.05, 0) is 25.2 Å². The van der Waals surface area contributed by atoms with E-state index in [0.717, 1.165) is 26.2 Å². The second-order valence-electron chi connectivity index (χ2n) is 7.12. The monoisotopic (exact) mass is 420 g/mol. The van der Waals surface area contributed by atoms with E-state index in [4.69, 9.17) is 4.74 Å². The zero-order valence-electron chi connectivity index (χ0n) is 17.5. The number of hydrogen-bond donors (Lipinski definition) is 1. The van der Waals surface area contributed by atoms with Crippen molar-refractivity contribution in [1.82, 2.24) is 29.8 Å². The highest BCUT2D eigenvalue weighted by molar-refractivity contribution is 6.02. The third kappa shape index (κ3) is 5.28. The summed E-state index contributed by atoms with van der Waals surface area (Å²) in [5.41, 5.74) is 0.855. The molecule has 0 radical (unpaired) electrons. The second kappa shape index (κ2) is 9.43.